The lowest BCUT2D eigenvalue weighted by molar-refractivity contribution is 0.0396. The summed E-state index contributed by atoms with van der Waals surface area (Å²) in [4.78, 5) is 48.2. The fourth-order valence-corrected chi connectivity index (χ4v) is 3.17. The van der Waals surface area contributed by atoms with Gasteiger partial charge in [-0.3, -0.25) is 0 Å². The van der Waals surface area contributed by atoms with E-state index in [2.05, 4.69) is 0 Å². The van der Waals surface area contributed by atoms with Crippen LogP contribution in [0.1, 0.15) is 41.4 Å². The quantitative estimate of drug-likeness (QED) is 0.271. The number of fused-ring (bicyclic) bond motifs is 1. The zero-order valence-corrected chi connectivity index (χ0v) is 17.1. The molecule has 0 aliphatic carbocycles. The lowest BCUT2D eigenvalue weighted by atomic mass is 10.1. The van der Waals surface area contributed by atoms with Crippen molar-refractivity contribution in [3.8, 4) is 5.75 Å². The summed E-state index contributed by atoms with van der Waals surface area (Å²) in [5.41, 5.74) is 0.101. The Hall–Kier alpha value is -4.78. The number of benzene rings is 4. The second-order valence-corrected chi connectivity index (χ2v) is 7.01. The summed E-state index contributed by atoms with van der Waals surface area (Å²) in [6.07, 6.45) is 0. The van der Waals surface area contributed by atoms with Crippen LogP contribution in [0.4, 0.5) is 0 Å². The van der Waals surface area contributed by atoms with Crippen LogP contribution in [0.25, 0.3) is 10.8 Å². The SMILES string of the molecule is O=C(O)c1ccc(C(=O)OC(=O)c2cccc(C(=O)Oc3cccc4ccccc34)c2)cc1. The smallest absolute Gasteiger partial charge is 0.346 e. The average molecular weight is 440 g/mol. The minimum absolute atomic E-state index is 0.00437. The number of rotatable bonds is 5. The van der Waals surface area contributed by atoms with E-state index in [-0.39, 0.29) is 22.3 Å². The largest absolute Gasteiger partial charge is 0.478 e. The second kappa shape index (κ2) is 9.15. The molecule has 4 rings (SSSR count). The van der Waals surface area contributed by atoms with E-state index < -0.39 is 23.9 Å². The number of carbonyl (C=O) groups is 4. The molecule has 1 N–H and O–H groups in total. The third-order valence-corrected chi connectivity index (χ3v) is 4.84. The van der Waals surface area contributed by atoms with Crippen LogP contribution in [0.5, 0.6) is 5.75 Å². The maximum atomic E-state index is 12.7. The Bertz CT molecular complexity index is 1380. The molecular weight excluding hydrogens is 424 g/mol. The highest BCUT2D eigenvalue weighted by atomic mass is 16.6. The van der Waals surface area contributed by atoms with Gasteiger partial charge in [-0.25, -0.2) is 19.2 Å². The Morgan fingerprint density at radius 2 is 1.15 bits per heavy atom. The van der Waals surface area contributed by atoms with E-state index in [1.165, 1.54) is 48.5 Å². The number of carboxylic acid groups (broad SMARTS) is 1. The molecule has 0 aromatic heterocycles. The maximum Gasteiger partial charge on any atom is 0.346 e. The highest BCUT2D eigenvalue weighted by molar-refractivity contribution is 6.04. The molecule has 4 aromatic carbocycles. The number of carbonyl (C=O) groups excluding carboxylic acids is 3. The molecule has 0 atom stereocenters. The first kappa shape index (κ1) is 21.5. The predicted molar refractivity (Wildman–Crippen MR) is 118 cm³/mol. The van der Waals surface area contributed by atoms with Gasteiger partial charge in [0.05, 0.1) is 22.3 Å². The third-order valence-electron chi connectivity index (χ3n) is 4.84. The number of esters is 3. The van der Waals surface area contributed by atoms with Crippen LogP contribution >= 0.6 is 0 Å². The zero-order chi connectivity index (χ0) is 23.4. The Kier molecular flexibility index (Phi) is 5.95. The third kappa shape index (κ3) is 4.77. The van der Waals surface area contributed by atoms with Gasteiger partial charge < -0.3 is 14.6 Å². The van der Waals surface area contributed by atoms with Crippen molar-refractivity contribution in [1.29, 1.82) is 0 Å². The van der Waals surface area contributed by atoms with Crippen LogP contribution in [0.3, 0.4) is 0 Å². The molecule has 4 aromatic rings. The van der Waals surface area contributed by atoms with Gasteiger partial charge in [0, 0.05) is 5.39 Å². The van der Waals surface area contributed by atoms with Gasteiger partial charge in [0.2, 0.25) is 0 Å². The molecule has 7 heteroatoms. The van der Waals surface area contributed by atoms with Gasteiger partial charge in [0.15, 0.2) is 0 Å². The Balaban J connectivity index is 1.48. The van der Waals surface area contributed by atoms with E-state index in [0.717, 1.165) is 10.8 Å². The summed E-state index contributed by atoms with van der Waals surface area (Å²) in [5.74, 6) is -3.33. The minimum Gasteiger partial charge on any atom is -0.478 e. The molecule has 0 heterocycles. The second-order valence-electron chi connectivity index (χ2n) is 7.01. The fraction of sp³-hybridized carbons (Fsp3) is 0. The van der Waals surface area contributed by atoms with Gasteiger partial charge in [-0.2, -0.15) is 0 Å². The van der Waals surface area contributed by atoms with Crippen molar-refractivity contribution in [2.24, 2.45) is 0 Å². The van der Waals surface area contributed by atoms with Crippen molar-refractivity contribution in [3.63, 3.8) is 0 Å². The van der Waals surface area contributed by atoms with E-state index in [9.17, 15) is 19.2 Å². The molecule has 0 aliphatic rings. The van der Waals surface area contributed by atoms with E-state index in [1.807, 2.05) is 30.3 Å². The van der Waals surface area contributed by atoms with Crippen molar-refractivity contribution in [3.05, 3.63) is 113 Å². The van der Waals surface area contributed by atoms with Gasteiger partial charge in [0.1, 0.15) is 5.75 Å². The Labute approximate surface area is 187 Å². The average Bonchev–Trinajstić information content (AvgIpc) is 2.84. The van der Waals surface area contributed by atoms with Crippen LogP contribution in [0, 0.1) is 0 Å². The monoisotopic (exact) mass is 440 g/mol. The molecule has 0 saturated carbocycles. The van der Waals surface area contributed by atoms with E-state index in [0.29, 0.717) is 5.75 Å². The number of aromatic carboxylic acids is 1. The van der Waals surface area contributed by atoms with Crippen molar-refractivity contribution in [2.75, 3.05) is 0 Å². The first-order valence-corrected chi connectivity index (χ1v) is 9.82. The van der Waals surface area contributed by atoms with Gasteiger partial charge in [-0.1, -0.05) is 42.5 Å². The minimum atomic E-state index is -1.14. The van der Waals surface area contributed by atoms with Crippen molar-refractivity contribution < 1.29 is 33.8 Å². The molecule has 0 amide bonds. The van der Waals surface area contributed by atoms with Gasteiger partial charge in [0.25, 0.3) is 0 Å². The number of hydrogen-bond donors (Lipinski definition) is 1. The molecule has 162 valence electrons. The predicted octanol–water partition coefficient (Wildman–Crippen LogP) is 4.75. The fourth-order valence-electron chi connectivity index (χ4n) is 3.17. The number of carboxylic acids is 1. The summed E-state index contributed by atoms with van der Waals surface area (Å²) in [6, 6.07) is 23.4. The lowest BCUT2D eigenvalue weighted by Crippen LogP contribution is -2.14. The Morgan fingerprint density at radius 3 is 1.88 bits per heavy atom. The summed E-state index contributed by atoms with van der Waals surface area (Å²) < 4.78 is 10.4. The van der Waals surface area contributed by atoms with Gasteiger partial charge in [-0.15, -0.1) is 0 Å². The molecule has 33 heavy (non-hydrogen) atoms. The standard InChI is InChI=1S/C26H16O7/c27-23(28)17-11-13-18(14-12-17)24(29)33-26(31)20-8-3-7-19(15-20)25(30)32-22-10-4-6-16-5-1-2-9-21(16)22/h1-15H,(H,27,28). The van der Waals surface area contributed by atoms with Gasteiger partial charge in [-0.05, 0) is 53.9 Å². The van der Waals surface area contributed by atoms with Crippen molar-refractivity contribution >= 4 is 34.6 Å². The topological polar surface area (TPSA) is 107 Å². The Morgan fingerprint density at radius 1 is 0.576 bits per heavy atom. The summed E-state index contributed by atoms with van der Waals surface area (Å²) in [7, 11) is 0. The first-order chi connectivity index (χ1) is 15.9. The summed E-state index contributed by atoms with van der Waals surface area (Å²) in [6.45, 7) is 0. The highest BCUT2D eigenvalue weighted by Gasteiger charge is 2.18. The summed E-state index contributed by atoms with van der Waals surface area (Å²) in [5, 5.41) is 10.6. The van der Waals surface area contributed by atoms with Crippen LogP contribution in [-0.2, 0) is 4.74 Å². The molecule has 0 unspecified atom stereocenters. The molecule has 0 aliphatic heterocycles. The number of ether oxygens (including phenoxy) is 2. The van der Waals surface area contributed by atoms with Gasteiger partial charge >= 0.3 is 23.9 Å². The molecular formula is C26H16O7. The zero-order valence-electron chi connectivity index (χ0n) is 17.1. The summed E-state index contributed by atoms with van der Waals surface area (Å²) >= 11 is 0. The highest BCUT2D eigenvalue weighted by Crippen LogP contribution is 2.26. The van der Waals surface area contributed by atoms with Crippen LogP contribution in [0.15, 0.2) is 91.0 Å². The molecule has 0 radical (unpaired) electrons. The van der Waals surface area contributed by atoms with Crippen LogP contribution < -0.4 is 4.74 Å². The normalized spacial score (nSPS) is 10.4. The number of hydrogen-bond acceptors (Lipinski definition) is 6. The van der Waals surface area contributed by atoms with E-state index in [4.69, 9.17) is 14.6 Å². The van der Waals surface area contributed by atoms with Crippen LogP contribution in [0.2, 0.25) is 0 Å². The van der Waals surface area contributed by atoms with Crippen molar-refractivity contribution in [1.82, 2.24) is 0 Å². The van der Waals surface area contributed by atoms with E-state index >= 15 is 0 Å². The molecule has 0 saturated heterocycles. The molecule has 0 bridgehead atoms. The van der Waals surface area contributed by atoms with E-state index in [1.54, 1.807) is 12.1 Å². The molecule has 0 spiro atoms. The first-order valence-electron chi connectivity index (χ1n) is 9.82. The molecule has 0 fully saturated rings. The lowest BCUT2D eigenvalue weighted by Gasteiger charge is -2.09. The maximum absolute atomic E-state index is 12.7. The van der Waals surface area contributed by atoms with Crippen molar-refractivity contribution in [2.45, 2.75) is 0 Å². The van der Waals surface area contributed by atoms with Crippen LogP contribution in [-0.4, -0.2) is 29.0 Å². The molecule has 7 nitrogen and oxygen atoms in total.